The molecule has 32 heavy (non-hydrogen) atoms. The molecule has 2 aromatic rings. The third-order valence-corrected chi connectivity index (χ3v) is 6.61. The largest absolute Gasteiger partial charge is 0.380 e. The van der Waals surface area contributed by atoms with Gasteiger partial charge in [-0.2, -0.15) is 0 Å². The van der Waals surface area contributed by atoms with E-state index in [1.165, 1.54) is 24.3 Å². The highest BCUT2D eigenvalue weighted by Crippen LogP contribution is 2.42. The number of piperidine rings is 1. The minimum absolute atomic E-state index is 0.0487. The summed E-state index contributed by atoms with van der Waals surface area (Å²) in [5, 5.41) is 11.9. The van der Waals surface area contributed by atoms with Gasteiger partial charge in [-0.3, -0.25) is 4.79 Å². The normalized spacial score (nSPS) is 15.7. The molecule has 3 rings (SSSR count). The van der Waals surface area contributed by atoms with Gasteiger partial charge in [0.1, 0.15) is 17.2 Å². The van der Waals surface area contributed by atoms with E-state index in [9.17, 15) is 18.7 Å². The monoisotopic (exact) mass is 444 g/mol. The molecular weight excluding hydrogens is 410 g/mol. The zero-order valence-corrected chi connectivity index (χ0v) is 19.1. The van der Waals surface area contributed by atoms with Crippen LogP contribution in [0.4, 0.5) is 8.78 Å². The molecule has 1 aliphatic rings. The summed E-state index contributed by atoms with van der Waals surface area (Å²) in [6, 6.07) is 11.9. The summed E-state index contributed by atoms with van der Waals surface area (Å²) in [7, 11) is 3.57. The Morgan fingerprint density at radius 1 is 0.938 bits per heavy atom. The van der Waals surface area contributed by atoms with Crippen LogP contribution in [-0.2, 0) is 10.4 Å². The lowest BCUT2D eigenvalue weighted by molar-refractivity contribution is -0.128. The van der Waals surface area contributed by atoms with Crippen molar-refractivity contribution >= 4 is 5.91 Å². The predicted octanol–water partition coefficient (Wildman–Crippen LogP) is 4.56. The minimum Gasteiger partial charge on any atom is -0.380 e. The number of amides is 1. The first-order chi connectivity index (χ1) is 15.3. The van der Waals surface area contributed by atoms with E-state index in [4.69, 9.17) is 0 Å². The van der Waals surface area contributed by atoms with Crippen LogP contribution in [0, 0.1) is 17.6 Å². The third kappa shape index (κ3) is 5.93. The fraction of sp³-hybridized carbons (Fsp3) is 0.500. The number of likely N-dealkylation sites (tertiary alicyclic amines) is 1. The zero-order chi connectivity index (χ0) is 23.1. The zero-order valence-electron chi connectivity index (χ0n) is 19.1. The number of hydrogen-bond donors (Lipinski definition) is 1. The number of rotatable bonds is 9. The average molecular weight is 445 g/mol. The molecule has 1 fully saturated rings. The molecule has 0 aromatic heterocycles. The van der Waals surface area contributed by atoms with Gasteiger partial charge in [0.2, 0.25) is 5.91 Å². The van der Waals surface area contributed by atoms with Crippen molar-refractivity contribution in [3.05, 3.63) is 71.3 Å². The van der Waals surface area contributed by atoms with E-state index < -0.39 is 5.60 Å². The first kappa shape index (κ1) is 24.3. The van der Waals surface area contributed by atoms with Crippen molar-refractivity contribution in [2.45, 2.75) is 44.1 Å². The van der Waals surface area contributed by atoms with Gasteiger partial charge in [0.25, 0.3) is 0 Å². The number of carbonyl (C=O) groups excluding carboxylic acids is 1. The Kier molecular flexibility index (Phi) is 8.38. The van der Waals surface area contributed by atoms with Crippen molar-refractivity contribution in [2.75, 3.05) is 33.7 Å². The lowest BCUT2D eigenvalue weighted by Crippen LogP contribution is -2.44. The number of nitrogens with zero attached hydrogens (tertiary/aromatic N) is 2. The molecule has 0 spiro atoms. The Hall–Kier alpha value is -2.31. The summed E-state index contributed by atoms with van der Waals surface area (Å²) in [5.74, 6) is -0.575. The maximum Gasteiger partial charge on any atom is 0.222 e. The van der Waals surface area contributed by atoms with Crippen molar-refractivity contribution < 1.29 is 18.7 Å². The summed E-state index contributed by atoms with van der Waals surface area (Å²) in [5.41, 5.74) is -0.0240. The standard InChI is InChI=1S/C26H34F2N2O2/c1-29(2)25(31)6-4-3-5-17-30-18-15-22(16-19-30)26(32,20-7-11-23(27)12-8-20)21-9-13-24(28)14-10-21/h7-14,22,32H,3-6,15-19H2,1-2H3. The molecule has 1 amide bonds. The van der Waals surface area contributed by atoms with Crippen LogP contribution in [0.5, 0.6) is 0 Å². The van der Waals surface area contributed by atoms with Crippen LogP contribution in [0.15, 0.2) is 48.5 Å². The van der Waals surface area contributed by atoms with Crippen LogP contribution in [0.3, 0.4) is 0 Å². The van der Waals surface area contributed by atoms with Gasteiger partial charge in [-0.1, -0.05) is 30.7 Å². The van der Waals surface area contributed by atoms with E-state index in [0.717, 1.165) is 51.7 Å². The quantitative estimate of drug-likeness (QED) is 0.577. The van der Waals surface area contributed by atoms with Gasteiger partial charge in [-0.05, 0) is 86.6 Å². The molecule has 6 heteroatoms. The van der Waals surface area contributed by atoms with E-state index in [2.05, 4.69) is 4.90 Å². The first-order valence-corrected chi connectivity index (χ1v) is 11.5. The van der Waals surface area contributed by atoms with Gasteiger partial charge >= 0.3 is 0 Å². The highest BCUT2D eigenvalue weighted by Gasteiger charge is 2.41. The Labute approximate surface area is 189 Å². The molecule has 0 unspecified atom stereocenters. The van der Waals surface area contributed by atoms with Crippen LogP contribution < -0.4 is 0 Å². The van der Waals surface area contributed by atoms with E-state index >= 15 is 0 Å². The van der Waals surface area contributed by atoms with Crippen LogP contribution in [0.2, 0.25) is 0 Å². The third-order valence-electron chi connectivity index (χ3n) is 6.61. The van der Waals surface area contributed by atoms with E-state index in [0.29, 0.717) is 17.5 Å². The molecule has 0 atom stereocenters. The lowest BCUT2D eigenvalue weighted by atomic mass is 9.72. The van der Waals surface area contributed by atoms with Gasteiger partial charge in [0.05, 0.1) is 0 Å². The molecule has 4 nitrogen and oxygen atoms in total. The van der Waals surface area contributed by atoms with E-state index in [1.54, 1.807) is 43.3 Å². The minimum atomic E-state index is -1.29. The molecule has 1 aliphatic heterocycles. The maximum atomic E-state index is 13.5. The number of benzene rings is 2. The second kappa shape index (κ2) is 11.0. The predicted molar refractivity (Wildman–Crippen MR) is 122 cm³/mol. The van der Waals surface area contributed by atoms with Crippen LogP contribution in [0.1, 0.15) is 49.7 Å². The Morgan fingerprint density at radius 2 is 1.44 bits per heavy atom. The van der Waals surface area contributed by atoms with Gasteiger partial charge in [0.15, 0.2) is 0 Å². The van der Waals surface area contributed by atoms with Crippen molar-refractivity contribution in [1.29, 1.82) is 0 Å². The average Bonchev–Trinajstić information content (AvgIpc) is 2.79. The topological polar surface area (TPSA) is 43.8 Å². The maximum absolute atomic E-state index is 13.5. The van der Waals surface area contributed by atoms with E-state index in [-0.39, 0.29) is 23.5 Å². The number of unbranched alkanes of at least 4 members (excludes halogenated alkanes) is 2. The van der Waals surface area contributed by atoms with Gasteiger partial charge in [-0.25, -0.2) is 8.78 Å². The van der Waals surface area contributed by atoms with Gasteiger partial charge in [0, 0.05) is 20.5 Å². The molecule has 1 N–H and O–H groups in total. The molecule has 0 radical (unpaired) electrons. The molecule has 0 bridgehead atoms. The first-order valence-electron chi connectivity index (χ1n) is 11.5. The molecule has 1 heterocycles. The number of aliphatic hydroxyl groups is 1. The number of carbonyl (C=O) groups is 1. The van der Waals surface area contributed by atoms with Crippen LogP contribution in [-0.4, -0.2) is 54.5 Å². The summed E-state index contributed by atoms with van der Waals surface area (Å²) in [4.78, 5) is 15.7. The van der Waals surface area contributed by atoms with Crippen molar-refractivity contribution in [3.63, 3.8) is 0 Å². The summed E-state index contributed by atoms with van der Waals surface area (Å²) in [6.45, 7) is 2.71. The molecule has 174 valence electrons. The molecule has 2 aromatic carbocycles. The highest BCUT2D eigenvalue weighted by molar-refractivity contribution is 5.75. The Balaban J connectivity index is 1.60. The van der Waals surface area contributed by atoms with Crippen molar-refractivity contribution in [1.82, 2.24) is 9.80 Å². The number of halogens is 2. The van der Waals surface area contributed by atoms with Gasteiger partial charge < -0.3 is 14.9 Å². The van der Waals surface area contributed by atoms with Crippen LogP contribution in [0.25, 0.3) is 0 Å². The summed E-state index contributed by atoms with van der Waals surface area (Å²) < 4.78 is 27.0. The van der Waals surface area contributed by atoms with Crippen molar-refractivity contribution in [2.24, 2.45) is 5.92 Å². The van der Waals surface area contributed by atoms with Gasteiger partial charge in [-0.15, -0.1) is 0 Å². The molecule has 0 saturated carbocycles. The van der Waals surface area contributed by atoms with E-state index in [1.807, 2.05) is 0 Å². The Bertz CT molecular complexity index is 815. The fourth-order valence-electron chi connectivity index (χ4n) is 4.63. The highest BCUT2D eigenvalue weighted by atomic mass is 19.1. The smallest absolute Gasteiger partial charge is 0.222 e. The summed E-state index contributed by atoms with van der Waals surface area (Å²) >= 11 is 0. The molecule has 0 aliphatic carbocycles. The molecular formula is C26H34F2N2O2. The number of hydrogen-bond acceptors (Lipinski definition) is 3. The van der Waals surface area contributed by atoms with Crippen LogP contribution >= 0.6 is 0 Å². The Morgan fingerprint density at radius 3 is 1.91 bits per heavy atom. The lowest BCUT2D eigenvalue weighted by Gasteiger charge is -2.42. The van der Waals surface area contributed by atoms with Crippen molar-refractivity contribution in [3.8, 4) is 0 Å². The molecule has 1 saturated heterocycles. The summed E-state index contributed by atoms with van der Waals surface area (Å²) in [6.07, 6.45) is 5.16. The SMILES string of the molecule is CN(C)C(=O)CCCCCN1CCC(C(O)(c2ccc(F)cc2)c2ccc(F)cc2)CC1. The fourth-order valence-corrected chi connectivity index (χ4v) is 4.63. The second-order valence-corrected chi connectivity index (χ2v) is 8.99. The second-order valence-electron chi connectivity index (χ2n) is 8.99.